The predicted octanol–water partition coefficient (Wildman–Crippen LogP) is 4.22. The number of anilines is 1. The molecule has 0 unspecified atom stereocenters. The topological polar surface area (TPSA) is 87.6 Å². The minimum absolute atomic E-state index is 0.0523. The van der Waals surface area contributed by atoms with E-state index in [0.717, 1.165) is 36.8 Å². The largest absolute Gasteiger partial charge is 0.326 e. The minimum Gasteiger partial charge on any atom is -0.326 e. The van der Waals surface area contributed by atoms with Crippen LogP contribution >= 0.6 is 0 Å². The Bertz CT molecular complexity index is 992. The fourth-order valence-electron chi connectivity index (χ4n) is 3.39. The Balaban J connectivity index is 1.68. The molecular weight excluding hydrogens is 386 g/mol. The fraction of sp³-hybridized carbons (Fsp3) is 0.364. The number of amides is 1. The van der Waals surface area contributed by atoms with E-state index >= 15 is 0 Å². The quantitative estimate of drug-likeness (QED) is 0.549. The van der Waals surface area contributed by atoms with Gasteiger partial charge in [0, 0.05) is 11.6 Å². The molecule has 29 heavy (non-hydrogen) atoms. The van der Waals surface area contributed by atoms with Gasteiger partial charge in [0.1, 0.15) is 0 Å². The lowest BCUT2D eigenvalue weighted by molar-refractivity contribution is -0.120. The Labute approximate surface area is 172 Å². The minimum atomic E-state index is -3.73. The van der Waals surface area contributed by atoms with Crippen LogP contribution in [0.15, 0.2) is 58.5 Å². The van der Waals surface area contributed by atoms with E-state index in [1.807, 2.05) is 25.1 Å². The number of aryl methyl sites for hydroxylation is 1. The molecule has 0 aliphatic heterocycles. The Morgan fingerprint density at radius 2 is 1.72 bits per heavy atom. The van der Waals surface area contributed by atoms with E-state index in [2.05, 4.69) is 15.2 Å². The molecule has 2 aromatic carbocycles. The number of nitrogens with zero attached hydrogens (tertiary/aromatic N) is 1. The first-order valence-electron chi connectivity index (χ1n) is 9.89. The van der Waals surface area contributed by atoms with Crippen LogP contribution < -0.4 is 10.1 Å². The average molecular weight is 414 g/mol. The normalized spacial score (nSPS) is 15.7. The van der Waals surface area contributed by atoms with Crippen molar-refractivity contribution < 1.29 is 13.2 Å². The average Bonchev–Trinajstić information content (AvgIpc) is 2.73. The monoisotopic (exact) mass is 413 g/mol. The summed E-state index contributed by atoms with van der Waals surface area (Å²) >= 11 is 0. The molecule has 0 bridgehead atoms. The van der Waals surface area contributed by atoms with E-state index in [0.29, 0.717) is 11.4 Å². The van der Waals surface area contributed by atoms with E-state index in [-0.39, 0.29) is 16.7 Å². The van der Waals surface area contributed by atoms with Gasteiger partial charge >= 0.3 is 0 Å². The van der Waals surface area contributed by atoms with Crippen LogP contribution in [0.3, 0.4) is 0 Å². The van der Waals surface area contributed by atoms with E-state index < -0.39 is 10.0 Å². The molecule has 2 N–H and O–H groups in total. The zero-order valence-corrected chi connectivity index (χ0v) is 17.6. The van der Waals surface area contributed by atoms with Crippen molar-refractivity contribution >= 4 is 27.3 Å². The molecule has 2 aromatic rings. The molecular formula is C22H27N3O3S. The number of carbonyl (C=O) groups excluding carboxylic acids is 1. The zero-order valence-electron chi connectivity index (χ0n) is 16.8. The lowest BCUT2D eigenvalue weighted by Crippen LogP contribution is -2.24. The van der Waals surface area contributed by atoms with Gasteiger partial charge in [0.25, 0.3) is 10.0 Å². The van der Waals surface area contributed by atoms with Crippen LogP contribution in [0.5, 0.6) is 0 Å². The molecule has 1 saturated carbocycles. The first kappa shape index (κ1) is 21.0. The lowest BCUT2D eigenvalue weighted by Gasteiger charge is -2.20. The van der Waals surface area contributed by atoms with E-state index in [4.69, 9.17) is 0 Å². The number of nitrogens with one attached hydrogen (secondary N) is 2. The number of sulfonamides is 1. The van der Waals surface area contributed by atoms with E-state index in [1.54, 1.807) is 37.3 Å². The summed E-state index contributed by atoms with van der Waals surface area (Å²) in [6.07, 6.45) is 5.28. The smallest absolute Gasteiger partial charge is 0.276 e. The summed E-state index contributed by atoms with van der Waals surface area (Å²) in [5, 5.41) is 7.02. The van der Waals surface area contributed by atoms with Crippen molar-refractivity contribution in [1.82, 2.24) is 4.83 Å². The second-order valence-corrected chi connectivity index (χ2v) is 9.17. The van der Waals surface area contributed by atoms with Crippen molar-refractivity contribution in [2.24, 2.45) is 11.0 Å². The maximum atomic E-state index is 12.5. The summed E-state index contributed by atoms with van der Waals surface area (Å²) in [4.78, 5) is 14.9. The molecule has 154 valence electrons. The second kappa shape index (κ2) is 9.22. The molecule has 6 nitrogen and oxygen atoms in total. The molecule has 7 heteroatoms. The first-order chi connectivity index (χ1) is 13.8. The van der Waals surface area contributed by atoms with Crippen molar-refractivity contribution in [2.45, 2.75) is 50.8 Å². The van der Waals surface area contributed by atoms with Crippen LogP contribution in [-0.4, -0.2) is 20.0 Å². The van der Waals surface area contributed by atoms with Gasteiger partial charge in [-0.3, -0.25) is 4.79 Å². The van der Waals surface area contributed by atoms with E-state index in [1.165, 1.54) is 6.42 Å². The molecule has 1 fully saturated rings. The number of hydrogen-bond acceptors (Lipinski definition) is 4. The van der Waals surface area contributed by atoms with Crippen LogP contribution in [0.25, 0.3) is 0 Å². The highest BCUT2D eigenvalue weighted by atomic mass is 32.2. The molecule has 0 spiro atoms. The van der Waals surface area contributed by atoms with Crippen LogP contribution in [-0.2, 0) is 14.8 Å². The second-order valence-electron chi connectivity index (χ2n) is 7.51. The van der Waals surface area contributed by atoms with Crippen molar-refractivity contribution in [3.8, 4) is 0 Å². The Hall–Kier alpha value is -2.67. The molecule has 1 aliphatic rings. The van der Waals surface area contributed by atoms with Gasteiger partial charge in [0.2, 0.25) is 5.91 Å². The van der Waals surface area contributed by atoms with Crippen LogP contribution in [0.1, 0.15) is 50.2 Å². The maximum Gasteiger partial charge on any atom is 0.276 e. The summed E-state index contributed by atoms with van der Waals surface area (Å²) < 4.78 is 24.8. The van der Waals surface area contributed by atoms with Gasteiger partial charge < -0.3 is 5.32 Å². The lowest BCUT2D eigenvalue weighted by atomic mass is 9.88. The van der Waals surface area contributed by atoms with Gasteiger partial charge in [0.05, 0.1) is 10.6 Å². The maximum absolute atomic E-state index is 12.5. The first-order valence-corrected chi connectivity index (χ1v) is 11.4. The molecule has 0 heterocycles. The van der Waals surface area contributed by atoms with E-state index in [9.17, 15) is 13.2 Å². The summed E-state index contributed by atoms with van der Waals surface area (Å²) in [5.74, 6) is 0.125. The standard InChI is InChI=1S/C22H27N3O3S/c1-16-11-13-21(14-12-16)29(27,28)25-24-17(2)19-9-6-10-20(15-19)23-22(26)18-7-4-3-5-8-18/h6,9-15,18,25H,3-5,7-8H2,1-2H3,(H,23,26). The highest BCUT2D eigenvalue weighted by Crippen LogP contribution is 2.25. The van der Waals surface area contributed by atoms with Gasteiger partial charge in [0.15, 0.2) is 0 Å². The number of hydrogen-bond donors (Lipinski definition) is 2. The van der Waals surface area contributed by atoms with Crippen molar-refractivity contribution in [3.63, 3.8) is 0 Å². The third-order valence-electron chi connectivity index (χ3n) is 5.19. The molecule has 3 rings (SSSR count). The molecule has 0 saturated heterocycles. The van der Waals surface area contributed by atoms with Gasteiger partial charge in [-0.05, 0) is 56.5 Å². The molecule has 1 amide bonds. The SMILES string of the molecule is CC(=NNS(=O)(=O)c1ccc(C)cc1)c1cccc(NC(=O)C2CCCCC2)c1. The summed E-state index contributed by atoms with van der Waals surface area (Å²) in [6.45, 7) is 3.62. The van der Waals surface area contributed by atoms with Crippen molar-refractivity contribution in [2.75, 3.05) is 5.32 Å². The Morgan fingerprint density at radius 3 is 2.41 bits per heavy atom. The van der Waals surface area contributed by atoms with Crippen LogP contribution in [0.4, 0.5) is 5.69 Å². The molecule has 0 atom stereocenters. The van der Waals surface area contributed by atoms with Gasteiger partial charge in [-0.2, -0.15) is 18.4 Å². The molecule has 0 aromatic heterocycles. The highest BCUT2D eigenvalue weighted by Gasteiger charge is 2.21. The summed E-state index contributed by atoms with van der Waals surface area (Å²) in [6, 6.07) is 13.9. The zero-order chi connectivity index (χ0) is 20.9. The number of rotatable bonds is 6. The molecule has 1 aliphatic carbocycles. The third-order valence-corrected chi connectivity index (χ3v) is 6.41. The summed E-state index contributed by atoms with van der Waals surface area (Å²) in [7, 11) is -3.73. The highest BCUT2D eigenvalue weighted by molar-refractivity contribution is 7.89. The van der Waals surface area contributed by atoms with Gasteiger partial charge in [-0.1, -0.05) is 49.1 Å². The number of hydrazone groups is 1. The van der Waals surface area contributed by atoms with Gasteiger partial charge in [-0.15, -0.1) is 0 Å². The van der Waals surface area contributed by atoms with Crippen LogP contribution in [0.2, 0.25) is 0 Å². The Morgan fingerprint density at radius 1 is 1.03 bits per heavy atom. The van der Waals surface area contributed by atoms with Gasteiger partial charge in [-0.25, -0.2) is 0 Å². The predicted molar refractivity (Wildman–Crippen MR) is 115 cm³/mol. The Kier molecular flexibility index (Phi) is 6.69. The number of carbonyl (C=O) groups is 1. The third kappa shape index (κ3) is 5.67. The van der Waals surface area contributed by atoms with Crippen molar-refractivity contribution in [1.29, 1.82) is 0 Å². The number of benzene rings is 2. The van der Waals surface area contributed by atoms with Crippen LogP contribution in [0, 0.1) is 12.8 Å². The molecule has 0 radical (unpaired) electrons. The summed E-state index contributed by atoms with van der Waals surface area (Å²) in [5.41, 5.74) is 2.91. The van der Waals surface area contributed by atoms with Crippen molar-refractivity contribution in [3.05, 3.63) is 59.7 Å². The fourth-order valence-corrected chi connectivity index (χ4v) is 4.25.